The molecule has 0 unspecified atom stereocenters. The molecule has 0 atom stereocenters. The lowest BCUT2D eigenvalue weighted by molar-refractivity contribution is 0.927. The van der Waals surface area contributed by atoms with E-state index < -0.39 is 0 Å². The number of aromatic nitrogens is 4. The average Bonchev–Trinajstić information content (AvgIpc) is 2.98. The van der Waals surface area contributed by atoms with Crippen LogP contribution in [0.3, 0.4) is 0 Å². The second-order valence-corrected chi connectivity index (χ2v) is 5.92. The van der Waals surface area contributed by atoms with Gasteiger partial charge < -0.3 is 0 Å². The van der Waals surface area contributed by atoms with Crippen LogP contribution in [0.1, 0.15) is 5.69 Å². The summed E-state index contributed by atoms with van der Waals surface area (Å²) in [5.41, 5.74) is 5.75. The summed E-state index contributed by atoms with van der Waals surface area (Å²) in [5.74, 6) is 0. The summed E-state index contributed by atoms with van der Waals surface area (Å²) in [5, 5.41) is 16.0. The third-order valence-electron chi connectivity index (χ3n) is 4.45. The molecule has 0 saturated heterocycles. The van der Waals surface area contributed by atoms with Crippen molar-refractivity contribution in [2.75, 3.05) is 0 Å². The largest absolute Gasteiger partial charge is 0.210 e. The van der Waals surface area contributed by atoms with Gasteiger partial charge in [0.05, 0.1) is 16.8 Å². The number of fused-ring (bicyclic) bond motifs is 5. The van der Waals surface area contributed by atoms with E-state index in [2.05, 4.69) is 46.6 Å². The smallest absolute Gasteiger partial charge is 0.186 e. The molecule has 2 aromatic heterocycles. The number of hydrogen-bond acceptors (Lipinski definition) is 3. The van der Waals surface area contributed by atoms with E-state index in [1.54, 1.807) is 0 Å². The van der Waals surface area contributed by atoms with Gasteiger partial charge in [-0.05, 0) is 23.9 Å². The van der Waals surface area contributed by atoms with Crippen molar-refractivity contribution >= 4 is 27.5 Å². The number of rotatable bonds is 1. The lowest BCUT2D eigenvalue weighted by atomic mass is 10.1. The second-order valence-electron chi connectivity index (χ2n) is 5.92. The highest BCUT2D eigenvalue weighted by Gasteiger charge is 2.16. The molecule has 4 nitrogen and oxygen atoms in total. The molecule has 0 bridgehead atoms. The Morgan fingerprint density at radius 1 is 0.792 bits per heavy atom. The van der Waals surface area contributed by atoms with Crippen molar-refractivity contribution in [1.29, 1.82) is 0 Å². The predicted molar refractivity (Wildman–Crippen MR) is 96.0 cm³/mol. The van der Waals surface area contributed by atoms with E-state index in [0.29, 0.717) is 0 Å². The standard InChI is InChI=1S/C20H14N4/c1-13-18(15-8-3-2-4-9-15)20-22-21-19-16-10-6-5-7-14(16)11-12-17(19)24(20)23-13/h2-12H,1H3. The van der Waals surface area contributed by atoms with Gasteiger partial charge in [0.1, 0.15) is 5.52 Å². The van der Waals surface area contributed by atoms with Crippen LogP contribution in [0.5, 0.6) is 0 Å². The molecule has 5 rings (SSSR count). The van der Waals surface area contributed by atoms with Gasteiger partial charge in [0, 0.05) is 5.39 Å². The molecule has 0 N–H and O–H groups in total. The fourth-order valence-electron chi connectivity index (χ4n) is 3.34. The Hall–Kier alpha value is -3.27. The highest BCUT2D eigenvalue weighted by atomic mass is 15.3. The predicted octanol–water partition coefficient (Wildman–Crippen LogP) is 4.41. The van der Waals surface area contributed by atoms with Crippen molar-refractivity contribution in [2.45, 2.75) is 6.92 Å². The quantitative estimate of drug-likeness (QED) is 0.431. The summed E-state index contributed by atoms with van der Waals surface area (Å²) in [6.45, 7) is 2.02. The molecule has 0 aliphatic rings. The van der Waals surface area contributed by atoms with Crippen LogP contribution in [-0.4, -0.2) is 19.8 Å². The first-order valence-corrected chi connectivity index (χ1v) is 7.92. The minimum Gasteiger partial charge on any atom is -0.210 e. The Morgan fingerprint density at radius 3 is 2.46 bits per heavy atom. The molecule has 5 aromatic rings. The molecule has 4 heteroatoms. The molecule has 0 spiro atoms. The Labute approximate surface area is 138 Å². The van der Waals surface area contributed by atoms with E-state index in [-0.39, 0.29) is 0 Å². The number of aryl methyl sites for hydroxylation is 1. The Balaban J connectivity index is 1.92. The van der Waals surface area contributed by atoms with Gasteiger partial charge in [0.25, 0.3) is 0 Å². The first-order chi connectivity index (χ1) is 11.8. The maximum Gasteiger partial charge on any atom is 0.186 e. The van der Waals surface area contributed by atoms with Gasteiger partial charge in [0.2, 0.25) is 0 Å². The molecule has 0 aliphatic carbocycles. The molecule has 0 fully saturated rings. The highest BCUT2D eigenvalue weighted by molar-refractivity contribution is 6.04. The van der Waals surface area contributed by atoms with Gasteiger partial charge in [-0.1, -0.05) is 60.7 Å². The van der Waals surface area contributed by atoms with E-state index in [1.807, 2.05) is 41.8 Å². The van der Waals surface area contributed by atoms with Crippen molar-refractivity contribution in [2.24, 2.45) is 0 Å². The van der Waals surface area contributed by atoms with Gasteiger partial charge in [-0.3, -0.25) is 0 Å². The molecule has 0 aliphatic heterocycles. The molecule has 0 radical (unpaired) electrons. The molecule has 3 aromatic carbocycles. The Kier molecular flexibility index (Phi) is 2.67. The van der Waals surface area contributed by atoms with Gasteiger partial charge in [-0.15, -0.1) is 10.2 Å². The molecule has 114 valence electrons. The van der Waals surface area contributed by atoms with Crippen molar-refractivity contribution in [1.82, 2.24) is 19.8 Å². The molecule has 24 heavy (non-hydrogen) atoms. The summed E-state index contributed by atoms with van der Waals surface area (Å²) in [4.78, 5) is 0. The van der Waals surface area contributed by atoms with E-state index >= 15 is 0 Å². The normalized spacial score (nSPS) is 11.5. The number of benzene rings is 3. The van der Waals surface area contributed by atoms with E-state index in [1.165, 1.54) is 0 Å². The third kappa shape index (κ3) is 1.77. The summed E-state index contributed by atoms with van der Waals surface area (Å²) in [7, 11) is 0. The van der Waals surface area contributed by atoms with Crippen LogP contribution >= 0.6 is 0 Å². The van der Waals surface area contributed by atoms with Gasteiger partial charge in [0.15, 0.2) is 5.65 Å². The first kappa shape index (κ1) is 13.2. The minimum atomic E-state index is 0.793. The molecule has 2 heterocycles. The average molecular weight is 310 g/mol. The van der Waals surface area contributed by atoms with E-state index in [0.717, 1.165) is 44.3 Å². The molecular formula is C20H14N4. The SMILES string of the molecule is Cc1nn2c(nnc3c4ccccc4ccc32)c1-c1ccccc1. The van der Waals surface area contributed by atoms with Crippen molar-refractivity contribution in [3.8, 4) is 11.1 Å². The fraction of sp³-hybridized carbons (Fsp3) is 0.0500. The van der Waals surface area contributed by atoms with Crippen LogP contribution in [0, 0.1) is 6.92 Å². The van der Waals surface area contributed by atoms with Crippen LogP contribution in [0.25, 0.3) is 38.6 Å². The van der Waals surface area contributed by atoms with E-state index in [4.69, 9.17) is 5.10 Å². The molecule has 0 saturated carbocycles. The zero-order chi connectivity index (χ0) is 16.1. The van der Waals surface area contributed by atoms with Crippen molar-refractivity contribution in [3.63, 3.8) is 0 Å². The maximum absolute atomic E-state index is 4.74. The minimum absolute atomic E-state index is 0.793. The monoisotopic (exact) mass is 310 g/mol. The van der Waals surface area contributed by atoms with Gasteiger partial charge >= 0.3 is 0 Å². The van der Waals surface area contributed by atoms with E-state index in [9.17, 15) is 0 Å². The topological polar surface area (TPSA) is 43.1 Å². The van der Waals surface area contributed by atoms with Crippen molar-refractivity contribution < 1.29 is 0 Å². The second kappa shape index (κ2) is 4.86. The van der Waals surface area contributed by atoms with Gasteiger partial charge in [-0.2, -0.15) is 5.10 Å². The summed E-state index contributed by atoms with van der Waals surface area (Å²) >= 11 is 0. The zero-order valence-corrected chi connectivity index (χ0v) is 13.1. The number of hydrogen-bond donors (Lipinski definition) is 0. The Bertz CT molecular complexity index is 1210. The van der Waals surface area contributed by atoms with Crippen LogP contribution in [0.15, 0.2) is 66.7 Å². The highest BCUT2D eigenvalue weighted by Crippen LogP contribution is 2.30. The van der Waals surface area contributed by atoms with Gasteiger partial charge in [-0.25, -0.2) is 4.52 Å². The van der Waals surface area contributed by atoms with Crippen molar-refractivity contribution in [3.05, 3.63) is 72.4 Å². The summed E-state index contributed by atoms with van der Waals surface area (Å²) in [6.07, 6.45) is 0. The lowest BCUT2D eigenvalue weighted by Gasteiger charge is -2.04. The fourth-order valence-corrected chi connectivity index (χ4v) is 3.34. The number of nitrogens with zero attached hydrogens (tertiary/aromatic N) is 4. The molecular weight excluding hydrogens is 296 g/mol. The summed E-state index contributed by atoms with van der Waals surface area (Å²) < 4.78 is 1.91. The lowest BCUT2D eigenvalue weighted by Crippen LogP contribution is -1.97. The maximum atomic E-state index is 4.74. The van der Waals surface area contributed by atoms with Crippen LogP contribution in [-0.2, 0) is 0 Å². The zero-order valence-electron chi connectivity index (χ0n) is 13.1. The van der Waals surface area contributed by atoms with Crippen LogP contribution in [0.4, 0.5) is 0 Å². The van der Waals surface area contributed by atoms with Crippen LogP contribution in [0.2, 0.25) is 0 Å². The third-order valence-corrected chi connectivity index (χ3v) is 4.45. The Morgan fingerprint density at radius 2 is 1.58 bits per heavy atom. The van der Waals surface area contributed by atoms with Crippen LogP contribution < -0.4 is 0 Å². The molecule has 0 amide bonds. The summed E-state index contributed by atoms with van der Waals surface area (Å²) in [6, 6.07) is 22.6. The first-order valence-electron chi connectivity index (χ1n) is 7.92.